The fourth-order valence-electron chi connectivity index (χ4n) is 2.27. The number of halogens is 2. The second kappa shape index (κ2) is 5.92. The van der Waals surface area contributed by atoms with Gasteiger partial charge in [-0.15, -0.1) is 0 Å². The summed E-state index contributed by atoms with van der Waals surface area (Å²) in [6.45, 7) is 11.3. The van der Waals surface area contributed by atoms with Gasteiger partial charge in [0.05, 0.1) is 6.04 Å². The van der Waals surface area contributed by atoms with E-state index in [2.05, 4.69) is 32.6 Å². The van der Waals surface area contributed by atoms with E-state index >= 15 is 0 Å². The van der Waals surface area contributed by atoms with Crippen molar-refractivity contribution in [3.8, 4) is 0 Å². The zero-order chi connectivity index (χ0) is 12.3. The van der Waals surface area contributed by atoms with Gasteiger partial charge in [0.1, 0.15) is 0 Å². The van der Waals surface area contributed by atoms with Crippen molar-refractivity contribution in [1.82, 2.24) is 9.80 Å². The van der Waals surface area contributed by atoms with E-state index in [0.29, 0.717) is 18.5 Å². The minimum Gasteiger partial charge on any atom is -0.298 e. The molecule has 1 heterocycles. The molecule has 1 rings (SSSR count). The van der Waals surface area contributed by atoms with E-state index in [0.717, 1.165) is 19.6 Å². The first-order valence-corrected chi connectivity index (χ1v) is 6.18. The van der Waals surface area contributed by atoms with Gasteiger partial charge in [0.15, 0.2) is 0 Å². The maximum absolute atomic E-state index is 13.0. The second-order valence-electron chi connectivity index (χ2n) is 5.38. The van der Waals surface area contributed by atoms with Crippen LogP contribution in [-0.4, -0.2) is 54.5 Å². The molecule has 1 fully saturated rings. The Morgan fingerprint density at radius 1 is 1.12 bits per heavy atom. The minimum atomic E-state index is -2.24. The van der Waals surface area contributed by atoms with Gasteiger partial charge in [-0.25, -0.2) is 8.78 Å². The molecule has 0 saturated carbocycles. The molecule has 2 nitrogen and oxygen atoms in total. The first-order chi connectivity index (χ1) is 7.41. The first kappa shape index (κ1) is 13.8. The van der Waals surface area contributed by atoms with Crippen LogP contribution in [0.3, 0.4) is 0 Å². The monoisotopic (exact) mass is 234 g/mol. The number of rotatable bonds is 4. The number of piperazine rings is 1. The van der Waals surface area contributed by atoms with Crippen molar-refractivity contribution in [1.29, 1.82) is 0 Å². The predicted molar refractivity (Wildman–Crippen MR) is 62.9 cm³/mol. The van der Waals surface area contributed by atoms with Gasteiger partial charge in [0, 0.05) is 32.2 Å². The number of alkyl halides is 2. The van der Waals surface area contributed by atoms with E-state index in [1.165, 1.54) is 0 Å². The Kier molecular flexibility index (Phi) is 5.12. The summed E-state index contributed by atoms with van der Waals surface area (Å²) in [5.41, 5.74) is 0. The topological polar surface area (TPSA) is 6.48 Å². The van der Waals surface area contributed by atoms with E-state index in [9.17, 15) is 8.78 Å². The summed E-state index contributed by atoms with van der Waals surface area (Å²) < 4.78 is 26.0. The molecule has 0 radical (unpaired) electrons. The highest BCUT2D eigenvalue weighted by Gasteiger charge is 2.34. The standard InChI is InChI=1S/C12H24F2N2/c1-9(2)7-16-6-5-15(10(3)4)8-11(16)12(13)14/h9-12H,5-8H2,1-4H3. The quantitative estimate of drug-likeness (QED) is 0.736. The molecule has 0 aromatic heterocycles. The molecule has 0 aromatic carbocycles. The molecule has 0 aromatic rings. The van der Waals surface area contributed by atoms with Gasteiger partial charge in [-0.1, -0.05) is 13.8 Å². The van der Waals surface area contributed by atoms with Gasteiger partial charge < -0.3 is 0 Å². The van der Waals surface area contributed by atoms with Crippen LogP contribution in [0.15, 0.2) is 0 Å². The smallest absolute Gasteiger partial charge is 0.255 e. The maximum atomic E-state index is 13.0. The molecule has 0 N–H and O–H groups in total. The molecule has 1 atom stereocenters. The van der Waals surface area contributed by atoms with E-state index < -0.39 is 12.5 Å². The number of nitrogens with zero attached hydrogens (tertiary/aromatic N) is 2. The summed E-state index contributed by atoms with van der Waals surface area (Å²) in [5.74, 6) is 0.451. The SMILES string of the molecule is CC(C)CN1CCN(C(C)C)CC1C(F)F. The van der Waals surface area contributed by atoms with Crippen molar-refractivity contribution in [3.63, 3.8) is 0 Å². The first-order valence-electron chi connectivity index (χ1n) is 6.18. The fraction of sp³-hybridized carbons (Fsp3) is 1.00. The Morgan fingerprint density at radius 3 is 2.19 bits per heavy atom. The lowest BCUT2D eigenvalue weighted by Crippen LogP contribution is -2.58. The van der Waals surface area contributed by atoms with E-state index in [4.69, 9.17) is 0 Å². The van der Waals surface area contributed by atoms with Crippen molar-refractivity contribution in [2.45, 2.75) is 46.2 Å². The molecule has 0 spiro atoms. The summed E-state index contributed by atoms with van der Waals surface area (Å²) in [7, 11) is 0. The summed E-state index contributed by atoms with van der Waals surface area (Å²) in [6.07, 6.45) is -2.24. The van der Waals surface area contributed by atoms with Gasteiger partial charge >= 0.3 is 0 Å². The van der Waals surface area contributed by atoms with Gasteiger partial charge in [0.2, 0.25) is 0 Å². The third-order valence-corrected chi connectivity index (χ3v) is 3.19. The molecular formula is C12H24F2N2. The lowest BCUT2D eigenvalue weighted by Gasteiger charge is -2.43. The Bertz CT molecular complexity index is 207. The highest BCUT2D eigenvalue weighted by molar-refractivity contribution is 4.85. The van der Waals surface area contributed by atoms with Crippen LogP contribution in [0.5, 0.6) is 0 Å². The van der Waals surface area contributed by atoms with Crippen LogP contribution in [0.2, 0.25) is 0 Å². The van der Waals surface area contributed by atoms with Crippen LogP contribution in [0.25, 0.3) is 0 Å². The highest BCUT2D eigenvalue weighted by Crippen LogP contribution is 2.19. The number of hydrogen-bond acceptors (Lipinski definition) is 2. The Hall–Kier alpha value is -0.220. The Balaban J connectivity index is 2.60. The van der Waals surface area contributed by atoms with Crippen LogP contribution in [-0.2, 0) is 0 Å². The number of hydrogen-bond donors (Lipinski definition) is 0. The van der Waals surface area contributed by atoms with Gasteiger partial charge in [-0.3, -0.25) is 9.80 Å². The minimum absolute atomic E-state index is 0.363. The van der Waals surface area contributed by atoms with Crippen molar-refractivity contribution in [3.05, 3.63) is 0 Å². The molecule has 96 valence electrons. The van der Waals surface area contributed by atoms with Gasteiger partial charge in [-0.05, 0) is 19.8 Å². The Labute approximate surface area is 97.6 Å². The van der Waals surface area contributed by atoms with Crippen molar-refractivity contribution in [2.75, 3.05) is 26.2 Å². The molecule has 0 aliphatic carbocycles. The molecule has 1 aliphatic rings. The molecule has 1 unspecified atom stereocenters. The molecule has 1 saturated heterocycles. The van der Waals surface area contributed by atoms with E-state index in [-0.39, 0.29) is 0 Å². The third kappa shape index (κ3) is 3.67. The maximum Gasteiger partial charge on any atom is 0.255 e. The lowest BCUT2D eigenvalue weighted by molar-refractivity contribution is -0.0355. The molecule has 16 heavy (non-hydrogen) atoms. The Morgan fingerprint density at radius 2 is 1.75 bits per heavy atom. The van der Waals surface area contributed by atoms with Gasteiger partial charge in [0.25, 0.3) is 6.43 Å². The van der Waals surface area contributed by atoms with Crippen LogP contribution in [0, 0.1) is 5.92 Å². The van der Waals surface area contributed by atoms with Crippen LogP contribution >= 0.6 is 0 Å². The zero-order valence-electron chi connectivity index (χ0n) is 10.8. The van der Waals surface area contributed by atoms with Crippen LogP contribution in [0.1, 0.15) is 27.7 Å². The van der Waals surface area contributed by atoms with Crippen molar-refractivity contribution >= 4 is 0 Å². The zero-order valence-corrected chi connectivity index (χ0v) is 10.8. The van der Waals surface area contributed by atoms with Crippen LogP contribution < -0.4 is 0 Å². The normalized spacial score (nSPS) is 24.9. The summed E-state index contributed by atoms with van der Waals surface area (Å²) in [4.78, 5) is 4.10. The van der Waals surface area contributed by atoms with E-state index in [1.807, 2.05) is 4.90 Å². The summed E-state index contributed by atoms with van der Waals surface area (Å²) >= 11 is 0. The molecular weight excluding hydrogens is 210 g/mol. The summed E-state index contributed by atoms with van der Waals surface area (Å²) in [5, 5.41) is 0. The molecule has 4 heteroatoms. The van der Waals surface area contributed by atoms with Gasteiger partial charge in [-0.2, -0.15) is 0 Å². The van der Waals surface area contributed by atoms with Crippen molar-refractivity contribution < 1.29 is 8.78 Å². The third-order valence-electron chi connectivity index (χ3n) is 3.19. The average molecular weight is 234 g/mol. The molecule has 1 aliphatic heterocycles. The molecule has 0 amide bonds. The fourth-order valence-corrected chi connectivity index (χ4v) is 2.27. The lowest BCUT2D eigenvalue weighted by atomic mass is 10.1. The predicted octanol–water partition coefficient (Wildman–Crippen LogP) is 2.30. The summed E-state index contributed by atoms with van der Waals surface area (Å²) in [6, 6.07) is -0.221. The van der Waals surface area contributed by atoms with Crippen LogP contribution in [0.4, 0.5) is 8.78 Å². The highest BCUT2D eigenvalue weighted by atomic mass is 19.3. The second-order valence-corrected chi connectivity index (χ2v) is 5.38. The van der Waals surface area contributed by atoms with Crippen molar-refractivity contribution in [2.24, 2.45) is 5.92 Å². The molecule has 0 bridgehead atoms. The largest absolute Gasteiger partial charge is 0.298 e. The average Bonchev–Trinajstić information content (AvgIpc) is 2.16. The van der Waals surface area contributed by atoms with E-state index in [1.54, 1.807) is 0 Å².